The summed E-state index contributed by atoms with van der Waals surface area (Å²) >= 11 is 0. The second kappa shape index (κ2) is 5.44. The minimum absolute atomic E-state index is 0.191. The predicted octanol–water partition coefficient (Wildman–Crippen LogP) is 2.35. The molecule has 0 fully saturated rings. The molecule has 2 rings (SSSR count). The molecular formula is C13H16F2N4. The average molecular weight is 266 g/mol. The van der Waals surface area contributed by atoms with Gasteiger partial charge in [0.25, 0.3) is 0 Å². The van der Waals surface area contributed by atoms with Crippen molar-refractivity contribution in [3.8, 4) is 5.69 Å². The molecule has 6 heteroatoms. The highest BCUT2D eigenvalue weighted by Gasteiger charge is 2.15. The predicted molar refractivity (Wildman–Crippen MR) is 68.0 cm³/mol. The van der Waals surface area contributed by atoms with Crippen molar-refractivity contribution < 1.29 is 8.78 Å². The SMILES string of the molecule is Cc1ccc(F)c(-n2cc(CNC(C)C)nn2)c1F. The molecule has 0 aliphatic carbocycles. The van der Waals surface area contributed by atoms with Gasteiger partial charge in [-0.05, 0) is 18.6 Å². The normalized spacial score (nSPS) is 11.3. The summed E-state index contributed by atoms with van der Waals surface area (Å²) < 4.78 is 28.8. The monoisotopic (exact) mass is 266 g/mol. The van der Waals surface area contributed by atoms with Gasteiger partial charge in [0.15, 0.2) is 11.6 Å². The lowest BCUT2D eigenvalue weighted by molar-refractivity contribution is 0.551. The van der Waals surface area contributed by atoms with Crippen LogP contribution in [0.25, 0.3) is 5.69 Å². The van der Waals surface area contributed by atoms with E-state index in [-0.39, 0.29) is 5.69 Å². The van der Waals surface area contributed by atoms with E-state index in [0.717, 1.165) is 4.68 Å². The van der Waals surface area contributed by atoms with Crippen molar-refractivity contribution in [2.24, 2.45) is 0 Å². The van der Waals surface area contributed by atoms with E-state index < -0.39 is 11.6 Å². The minimum atomic E-state index is -0.656. The van der Waals surface area contributed by atoms with Gasteiger partial charge in [0.1, 0.15) is 5.69 Å². The fraction of sp³-hybridized carbons (Fsp3) is 0.385. The molecule has 0 spiro atoms. The van der Waals surface area contributed by atoms with Gasteiger partial charge in [-0.15, -0.1) is 5.10 Å². The molecule has 1 heterocycles. The third-order valence-electron chi connectivity index (χ3n) is 2.72. The van der Waals surface area contributed by atoms with Crippen LogP contribution in [0.15, 0.2) is 18.3 Å². The van der Waals surface area contributed by atoms with E-state index in [4.69, 9.17) is 0 Å². The number of hydrogen-bond donors (Lipinski definition) is 1. The van der Waals surface area contributed by atoms with E-state index in [1.807, 2.05) is 13.8 Å². The summed E-state index contributed by atoms with van der Waals surface area (Å²) in [5, 5.41) is 10.8. The second-order valence-electron chi connectivity index (χ2n) is 4.72. The summed E-state index contributed by atoms with van der Waals surface area (Å²) in [4.78, 5) is 0. The van der Waals surface area contributed by atoms with Gasteiger partial charge in [-0.2, -0.15) is 0 Å². The smallest absolute Gasteiger partial charge is 0.154 e. The molecule has 0 saturated heterocycles. The lowest BCUT2D eigenvalue weighted by Gasteiger charge is -2.06. The van der Waals surface area contributed by atoms with Crippen LogP contribution in [0, 0.1) is 18.6 Å². The number of nitrogens with zero attached hydrogens (tertiary/aromatic N) is 3. The van der Waals surface area contributed by atoms with Crippen LogP contribution in [-0.2, 0) is 6.54 Å². The number of aromatic nitrogens is 3. The Morgan fingerprint density at radius 2 is 2.05 bits per heavy atom. The highest BCUT2D eigenvalue weighted by Crippen LogP contribution is 2.19. The molecule has 4 nitrogen and oxygen atoms in total. The van der Waals surface area contributed by atoms with Crippen LogP contribution in [-0.4, -0.2) is 21.0 Å². The molecule has 0 amide bonds. The van der Waals surface area contributed by atoms with Gasteiger partial charge in [-0.3, -0.25) is 0 Å². The van der Waals surface area contributed by atoms with E-state index >= 15 is 0 Å². The number of nitrogens with one attached hydrogen (secondary N) is 1. The number of halogens is 2. The van der Waals surface area contributed by atoms with Crippen molar-refractivity contribution in [1.82, 2.24) is 20.3 Å². The van der Waals surface area contributed by atoms with Gasteiger partial charge in [0, 0.05) is 12.6 Å². The van der Waals surface area contributed by atoms with E-state index in [9.17, 15) is 8.78 Å². The minimum Gasteiger partial charge on any atom is -0.309 e. The highest BCUT2D eigenvalue weighted by atomic mass is 19.1. The summed E-state index contributed by atoms with van der Waals surface area (Å²) in [6.07, 6.45) is 1.52. The molecule has 2 aromatic rings. The van der Waals surface area contributed by atoms with Crippen LogP contribution in [0.2, 0.25) is 0 Å². The molecule has 0 unspecified atom stereocenters. The Bertz CT molecular complexity index is 578. The number of rotatable bonds is 4. The van der Waals surface area contributed by atoms with E-state index in [0.29, 0.717) is 23.8 Å². The molecule has 19 heavy (non-hydrogen) atoms. The quantitative estimate of drug-likeness (QED) is 0.923. The topological polar surface area (TPSA) is 42.7 Å². The zero-order chi connectivity index (χ0) is 14.0. The first-order valence-corrected chi connectivity index (χ1v) is 6.08. The van der Waals surface area contributed by atoms with Gasteiger partial charge in [-0.1, -0.05) is 25.1 Å². The molecule has 0 saturated carbocycles. The molecule has 0 bridgehead atoms. The summed E-state index contributed by atoms with van der Waals surface area (Å²) in [6, 6.07) is 2.92. The van der Waals surface area contributed by atoms with Gasteiger partial charge in [-0.25, -0.2) is 13.5 Å². The molecule has 0 radical (unpaired) electrons. The standard InChI is InChI=1S/C13H16F2N4/c1-8(2)16-6-10-7-19(18-17-10)13-11(14)5-4-9(3)12(13)15/h4-5,7-8,16H,6H2,1-3H3. The van der Waals surface area contributed by atoms with Crippen LogP contribution in [0.1, 0.15) is 25.1 Å². The lowest BCUT2D eigenvalue weighted by atomic mass is 10.2. The van der Waals surface area contributed by atoms with Crippen LogP contribution in [0.5, 0.6) is 0 Å². The number of aryl methyl sites for hydroxylation is 1. The van der Waals surface area contributed by atoms with Crippen LogP contribution < -0.4 is 5.32 Å². The third-order valence-corrected chi connectivity index (χ3v) is 2.72. The Morgan fingerprint density at radius 1 is 1.32 bits per heavy atom. The maximum absolute atomic E-state index is 13.9. The van der Waals surface area contributed by atoms with E-state index in [1.165, 1.54) is 18.3 Å². The van der Waals surface area contributed by atoms with Crippen molar-refractivity contribution in [1.29, 1.82) is 0 Å². The molecule has 0 aliphatic heterocycles. The van der Waals surface area contributed by atoms with Crippen molar-refractivity contribution >= 4 is 0 Å². The van der Waals surface area contributed by atoms with Crippen molar-refractivity contribution in [2.45, 2.75) is 33.4 Å². The first-order chi connectivity index (χ1) is 8.99. The summed E-state index contributed by atoms with van der Waals surface area (Å²) in [5.41, 5.74) is 0.811. The van der Waals surface area contributed by atoms with Gasteiger partial charge < -0.3 is 5.32 Å². The lowest BCUT2D eigenvalue weighted by Crippen LogP contribution is -2.21. The summed E-state index contributed by atoms with van der Waals surface area (Å²) in [6.45, 7) is 6.10. The average Bonchev–Trinajstić information content (AvgIpc) is 2.80. The second-order valence-corrected chi connectivity index (χ2v) is 4.72. The van der Waals surface area contributed by atoms with Gasteiger partial charge >= 0.3 is 0 Å². The molecule has 1 aromatic heterocycles. The Hall–Kier alpha value is -1.82. The van der Waals surface area contributed by atoms with Gasteiger partial charge in [0.05, 0.1) is 11.9 Å². The molecule has 1 aromatic carbocycles. The van der Waals surface area contributed by atoms with Gasteiger partial charge in [0.2, 0.25) is 0 Å². The van der Waals surface area contributed by atoms with Crippen LogP contribution in [0.4, 0.5) is 8.78 Å². The zero-order valence-corrected chi connectivity index (χ0v) is 11.1. The maximum Gasteiger partial charge on any atom is 0.154 e. The first-order valence-electron chi connectivity index (χ1n) is 6.08. The van der Waals surface area contributed by atoms with Crippen LogP contribution >= 0.6 is 0 Å². The third kappa shape index (κ3) is 2.96. The molecule has 102 valence electrons. The number of hydrogen-bond acceptors (Lipinski definition) is 3. The van der Waals surface area contributed by atoms with Crippen molar-refractivity contribution in [3.63, 3.8) is 0 Å². The summed E-state index contributed by atoms with van der Waals surface area (Å²) in [5.74, 6) is -1.27. The largest absolute Gasteiger partial charge is 0.309 e. The molecule has 0 atom stereocenters. The van der Waals surface area contributed by atoms with E-state index in [1.54, 1.807) is 6.92 Å². The molecule has 0 aliphatic rings. The molecular weight excluding hydrogens is 250 g/mol. The Morgan fingerprint density at radius 3 is 2.74 bits per heavy atom. The van der Waals surface area contributed by atoms with Crippen molar-refractivity contribution in [2.75, 3.05) is 0 Å². The Labute approximate surface area is 110 Å². The maximum atomic E-state index is 13.9. The summed E-state index contributed by atoms with van der Waals surface area (Å²) in [7, 11) is 0. The fourth-order valence-electron chi connectivity index (χ4n) is 1.65. The fourth-order valence-corrected chi connectivity index (χ4v) is 1.65. The zero-order valence-electron chi connectivity index (χ0n) is 11.1. The molecule has 1 N–H and O–H groups in total. The first kappa shape index (κ1) is 13.6. The number of benzene rings is 1. The Balaban J connectivity index is 2.30. The Kier molecular flexibility index (Phi) is 3.90. The highest BCUT2D eigenvalue weighted by molar-refractivity contribution is 5.38. The van der Waals surface area contributed by atoms with Crippen LogP contribution in [0.3, 0.4) is 0 Å². The van der Waals surface area contributed by atoms with E-state index in [2.05, 4.69) is 15.6 Å². The van der Waals surface area contributed by atoms with Crippen molar-refractivity contribution in [3.05, 3.63) is 41.2 Å².